The van der Waals surface area contributed by atoms with Gasteiger partial charge >= 0.3 is 0 Å². The van der Waals surface area contributed by atoms with E-state index >= 15 is 0 Å². The maximum atomic E-state index is 4.48. The highest BCUT2D eigenvalue weighted by Gasteiger charge is 2.27. The van der Waals surface area contributed by atoms with E-state index in [-0.39, 0.29) is 0 Å². The lowest BCUT2D eigenvalue weighted by molar-refractivity contribution is 0.744. The summed E-state index contributed by atoms with van der Waals surface area (Å²) in [6, 6.07) is 6.11. The molecule has 0 aliphatic carbocycles. The van der Waals surface area contributed by atoms with E-state index in [1.54, 1.807) is 11.0 Å². The molecular weight excluding hydrogens is 264 g/mol. The standard InChI is InChI=1S/C15H16N6/c1-20-14-12(8-19-20)15(18-10-17-14)21-7-5-11(9-21)13-4-2-3-6-16-13/h2-4,6,8,10-11H,5,7,9H2,1H3. The fourth-order valence-corrected chi connectivity index (χ4v) is 3.01. The maximum absolute atomic E-state index is 4.48. The van der Waals surface area contributed by atoms with Gasteiger partial charge in [-0.3, -0.25) is 9.67 Å². The first-order valence-electron chi connectivity index (χ1n) is 7.11. The third-order valence-electron chi connectivity index (χ3n) is 4.10. The van der Waals surface area contributed by atoms with Crippen LogP contribution in [0, 0.1) is 0 Å². The van der Waals surface area contributed by atoms with Crippen molar-refractivity contribution in [1.29, 1.82) is 0 Å². The average molecular weight is 280 g/mol. The zero-order chi connectivity index (χ0) is 14.2. The molecule has 1 aliphatic rings. The lowest BCUT2D eigenvalue weighted by atomic mass is 10.0. The predicted molar refractivity (Wildman–Crippen MR) is 80.1 cm³/mol. The molecule has 106 valence electrons. The zero-order valence-corrected chi connectivity index (χ0v) is 11.8. The van der Waals surface area contributed by atoms with Gasteiger partial charge in [0.15, 0.2) is 5.65 Å². The van der Waals surface area contributed by atoms with Crippen molar-refractivity contribution < 1.29 is 0 Å². The van der Waals surface area contributed by atoms with Gasteiger partial charge in [-0.2, -0.15) is 5.10 Å². The Kier molecular flexibility index (Phi) is 2.80. The predicted octanol–water partition coefficient (Wildman–Crippen LogP) is 1.75. The van der Waals surface area contributed by atoms with Crippen molar-refractivity contribution in [2.24, 2.45) is 7.05 Å². The maximum Gasteiger partial charge on any atom is 0.163 e. The SMILES string of the molecule is Cn1ncc2c(N3CCC(c4ccccn4)C3)ncnc21. The summed E-state index contributed by atoms with van der Waals surface area (Å²) < 4.78 is 1.78. The molecule has 1 atom stereocenters. The summed E-state index contributed by atoms with van der Waals surface area (Å²) in [6.45, 7) is 1.93. The molecule has 0 radical (unpaired) electrons. The molecule has 0 spiro atoms. The molecule has 1 aliphatic heterocycles. The van der Waals surface area contributed by atoms with Crippen molar-refractivity contribution in [1.82, 2.24) is 24.7 Å². The van der Waals surface area contributed by atoms with Crippen molar-refractivity contribution in [3.63, 3.8) is 0 Å². The van der Waals surface area contributed by atoms with Gasteiger partial charge in [-0.15, -0.1) is 0 Å². The molecule has 0 saturated carbocycles. The lowest BCUT2D eigenvalue weighted by Gasteiger charge is -2.17. The van der Waals surface area contributed by atoms with E-state index in [2.05, 4.69) is 37.1 Å². The average Bonchev–Trinajstić information content (AvgIpc) is 3.16. The molecule has 4 heterocycles. The monoisotopic (exact) mass is 280 g/mol. The molecule has 0 aromatic carbocycles. The smallest absolute Gasteiger partial charge is 0.163 e. The summed E-state index contributed by atoms with van der Waals surface area (Å²) in [6.07, 6.45) is 6.43. The minimum absolute atomic E-state index is 0.466. The van der Waals surface area contributed by atoms with Crippen molar-refractivity contribution >= 4 is 16.9 Å². The molecule has 4 rings (SSSR count). The Morgan fingerprint density at radius 3 is 3.00 bits per heavy atom. The second-order valence-corrected chi connectivity index (χ2v) is 5.39. The highest BCUT2D eigenvalue weighted by molar-refractivity contribution is 5.86. The zero-order valence-electron chi connectivity index (χ0n) is 11.8. The number of hydrogen-bond acceptors (Lipinski definition) is 5. The molecule has 3 aromatic rings. The number of aromatic nitrogens is 5. The molecular formula is C15H16N6. The van der Waals surface area contributed by atoms with E-state index in [0.717, 1.165) is 42.1 Å². The Bertz CT molecular complexity index is 766. The van der Waals surface area contributed by atoms with Crippen LogP contribution < -0.4 is 4.90 Å². The minimum Gasteiger partial charge on any atom is -0.355 e. The molecule has 1 unspecified atom stereocenters. The van der Waals surface area contributed by atoms with Gasteiger partial charge in [0.05, 0.1) is 11.6 Å². The third kappa shape index (κ3) is 2.03. The Morgan fingerprint density at radius 2 is 2.14 bits per heavy atom. The molecule has 0 bridgehead atoms. The van der Waals surface area contributed by atoms with Gasteiger partial charge in [0, 0.05) is 37.9 Å². The largest absolute Gasteiger partial charge is 0.355 e. The highest BCUT2D eigenvalue weighted by atomic mass is 15.3. The van der Waals surface area contributed by atoms with E-state index in [4.69, 9.17) is 0 Å². The Balaban J connectivity index is 1.65. The van der Waals surface area contributed by atoms with Crippen molar-refractivity contribution in [2.75, 3.05) is 18.0 Å². The van der Waals surface area contributed by atoms with Crippen LogP contribution >= 0.6 is 0 Å². The van der Waals surface area contributed by atoms with Crippen LogP contribution in [0.15, 0.2) is 36.9 Å². The van der Waals surface area contributed by atoms with Crippen LogP contribution in [0.5, 0.6) is 0 Å². The van der Waals surface area contributed by atoms with Crippen LogP contribution in [0.3, 0.4) is 0 Å². The lowest BCUT2D eigenvalue weighted by Crippen LogP contribution is -2.21. The number of rotatable bonds is 2. The molecule has 3 aromatic heterocycles. The van der Waals surface area contributed by atoms with Crippen LogP contribution in [-0.4, -0.2) is 37.8 Å². The molecule has 1 saturated heterocycles. The summed E-state index contributed by atoms with van der Waals surface area (Å²) >= 11 is 0. The van der Waals surface area contributed by atoms with Gasteiger partial charge in [0.25, 0.3) is 0 Å². The Hall–Kier alpha value is -2.50. The number of anilines is 1. The molecule has 21 heavy (non-hydrogen) atoms. The van der Waals surface area contributed by atoms with E-state index in [1.165, 1.54) is 0 Å². The van der Waals surface area contributed by atoms with Crippen LogP contribution in [0.25, 0.3) is 11.0 Å². The van der Waals surface area contributed by atoms with Crippen LogP contribution in [-0.2, 0) is 7.05 Å². The van der Waals surface area contributed by atoms with E-state index < -0.39 is 0 Å². The first kappa shape index (κ1) is 12.3. The van der Waals surface area contributed by atoms with Crippen LogP contribution in [0.2, 0.25) is 0 Å². The number of hydrogen-bond donors (Lipinski definition) is 0. The molecule has 6 heteroatoms. The van der Waals surface area contributed by atoms with Gasteiger partial charge in [0.2, 0.25) is 0 Å². The van der Waals surface area contributed by atoms with Crippen LogP contribution in [0.1, 0.15) is 18.0 Å². The normalized spacial score (nSPS) is 18.5. The topological polar surface area (TPSA) is 59.7 Å². The quantitative estimate of drug-likeness (QED) is 0.715. The van der Waals surface area contributed by atoms with Gasteiger partial charge in [-0.1, -0.05) is 6.07 Å². The number of nitrogens with zero attached hydrogens (tertiary/aromatic N) is 6. The molecule has 0 amide bonds. The summed E-state index contributed by atoms with van der Waals surface area (Å²) in [5.41, 5.74) is 2.04. The van der Waals surface area contributed by atoms with E-state index in [0.29, 0.717) is 5.92 Å². The van der Waals surface area contributed by atoms with Crippen LogP contribution in [0.4, 0.5) is 5.82 Å². The molecule has 1 fully saturated rings. The van der Waals surface area contributed by atoms with E-state index in [1.807, 2.05) is 25.5 Å². The second-order valence-electron chi connectivity index (χ2n) is 5.39. The fourth-order valence-electron chi connectivity index (χ4n) is 3.01. The van der Waals surface area contributed by atoms with Crippen molar-refractivity contribution in [2.45, 2.75) is 12.3 Å². The van der Waals surface area contributed by atoms with Gasteiger partial charge in [-0.05, 0) is 18.6 Å². The highest BCUT2D eigenvalue weighted by Crippen LogP contribution is 2.31. The fraction of sp³-hybridized carbons (Fsp3) is 0.333. The van der Waals surface area contributed by atoms with Gasteiger partial charge in [0.1, 0.15) is 12.1 Å². The summed E-state index contributed by atoms with van der Waals surface area (Å²) in [7, 11) is 1.90. The second kappa shape index (κ2) is 4.80. The van der Waals surface area contributed by atoms with Gasteiger partial charge in [-0.25, -0.2) is 9.97 Å². The Morgan fingerprint density at radius 1 is 1.19 bits per heavy atom. The number of fused-ring (bicyclic) bond motifs is 1. The van der Waals surface area contributed by atoms with Crippen molar-refractivity contribution in [3.8, 4) is 0 Å². The minimum atomic E-state index is 0.466. The number of aryl methyl sites for hydroxylation is 1. The molecule has 0 N–H and O–H groups in total. The number of pyridine rings is 1. The summed E-state index contributed by atoms with van der Waals surface area (Å²) in [5, 5.41) is 5.30. The third-order valence-corrected chi connectivity index (χ3v) is 4.10. The summed E-state index contributed by atoms with van der Waals surface area (Å²) in [5.74, 6) is 1.44. The van der Waals surface area contributed by atoms with Crippen molar-refractivity contribution in [3.05, 3.63) is 42.6 Å². The summed E-state index contributed by atoms with van der Waals surface area (Å²) in [4.78, 5) is 15.6. The first-order valence-corrected chi connectivity index (χ1v) is 7.11. The molecule has 6 nitrogen and oxygen atoms in total. The van der Waals surface area contributed by atoms with E-state index in [9.17, 15) is 0 Å². The Labute approximate surface area is 122 Å². The first-order chi connectivity index (χ1) is 10.3. The van der Waals surface area contributed by atoms with Gasteiger partial charge < -0.3 is 4.90 Å².